The molecule has 5 nitrogen and oxygen atoms in total. The summed E-state index contributed by atoms with van der Waals surface area (Å²) < 4.78 is 5.74. The summed E-state index contributed by atoms with van der Waals surface area (Å²) in [6, 6.07) is 17.0. The van der Waals surface area contributed by atoms with Crippen molar-refractivity contribution in [2.24, 2.45) is 11.8 Å². The summed E-state index contributed by atoms with van der Waals surface area (Å²) in [6.07, 6.45) is 3.79. The molecule has 2 aromatic rings. The van der Waals surface area contributed by atoms with Gasteiger partial charge in [0.05, 0.1) is 0 Å². The van der Waals surface area contributed by atoms with Crippen LogP contribution in [0.1, 0.15) is 46.0 Å². The summed E-state index contributed by atoms with van der Waals surface area (Å²) in [5.41, 5.74) is 0.686. The van der Waals surface area contributed by atoms with E-state index in [0.717, 1.165) is 18.6 Å². The van der Waals surface area contributed by atoms with E-state index in [0.29, 0.717) is 23.3 Å². The number of para-hydroxylation sites is 1. The molecule has 1 fully saturated rings. The van der Waals surface area contributed by atoms with Crippen molar-refractivity contribution in [1.82, 2.24) is 5.32 Å². The Bertz CT molecular complexity index is 805. The summed E-state index contributed by atoms with van der Waals surface area (Å²) in [6.45, 7) is 4.44. The van der Waals surface area contributed by atoms with Gasteiger partial charge in [0.2, 0.25) is 11.8 Å². The fourth-order valence-corrected chi connectivity index (χ4v) is 3.75. The van der Waals surface area contributed by atoms with Crippen molar-refractivity contribution >= 4 is 17.5 Å². The lowest BCUT2D eigenvalue weighted by molar-refractivity contribution is -0.125. The van der Waals surface area contributed by atoms with Crippen molar-refractivity contribution in [1.29, 1.82) is 0 Å². The summed E-state index contributed by atoms with van der Waals surface area (Å²) in [4.78, 5) is 24.4. The highest BCUT2D eigenvalue weighted by atomic mass is 16.5. The van der Waals surface area contributed by atoms with Crippen LogP contribution in [-0.2, 0) is 9.59 Å². The molecule has 1 saturated carbocycles. The minimum Gasteiger partial charge on any atom is -0.457 e. The highest BCUT2D eigenvalue weighted by Gasteiger charge is 2.28. The van der Waals surface area contributed by atoms with E-state index in [1.165, 1.54) is 6.42 Å². The number of hydrogen-bond donors (Lipinski definition) is 2. The predicted molar refractivity (Wildman–Crippen MR) is 115 cm³/mol. The van der Waals surface area contributed by atoms with Crippen molar-refractivity contribution in [2.45, 2.75) is 52.0 Å². The number of hydrogen-bond acceptors (Lipinski definition) is 3. The van der Waals surface area contributed by atoms with E-state index in [1.807, 2.05) is 30.3 Å². The van der Waals surface area contributed by atoms with Gasteiger partial charge in [0.25, 0.3) is 0 Å². The molecule has 0 radical (unpaired) electrons. The molecule has 0 aliphatic heterocycles. The summed E-state index contributed by atoms with van der Waals surface area (Å²) in [5, 5.41) is 5.95. The molecule has 2 N–H and O–H groups in total. The van der Waals surface area contributed by atoms with Crippen LogP contribution in [0.4, 0.5) is 5.69 Å². The second kappa shape index (κ2) is 10.1. The van der Waals surface area contributed by atoms with Crippen LogP contribution in [0.3, 0.4) is 0 Å². The van der Waals surface area contributed by atoms with Crippen molar-refractivity contribution in [3.8, 4) is 11.5 Å². The van der Waals surface area contributed by atoms with Gasteiger partial charge in [0.15, 0.2) is 0 Å². The molecular formula is C24H30N2O3. The number of nitrogens with one attached hydrogen (secondary N) is 2. The Hall–Kier alpha value is -2.82. The van der Waals surface area contributed by atoms with E-state index in [4.69, 9.17) is 4.74 Å². The monoisotopic (exact) mass is 394 g/mol. The normalized spacial score (nSPS) is 21.2. The molecule has 0 bridgehead atoms. The van der Waals surface area contributed by atoms with Gasteiger partial charge in [-0.05, 0) is 54.7 Å². The quantitative estimate of drug-likeness (QED) is 0.683. The molecular weight excluding hydrogens is 364 g/mol. The molecule has 0 unspecified atom stereocenters. The van der Waals surface area contributed by atoms with Crippen LogP contribution in [-0.4, -0.2) is 17.9 Å². The van der Waals surface area contributed by atoms with E-state index in [9.17, 15) is 9.59 Å². The molecule has 1 aliphatic carbocycles. The molecule has 0 saturated heterocycles. The maximum atomic E-state index is 12.2. The van der Waals surface area contributed by atoms with Gasteiger partial charge in [-0.3, -0.25) is 9.59 Å². The first-order valence-electron chi connectivity index (χ1n) is 10.4. The second-order valence-corrected chi connectivity index (χ2v) is 7.93. The van der Waals surface area contributed by atoms with E-state index in [1.54, 1.807) is 24.3 Å². The molecule has 1 aliphatic rings. The maximum absolute atomic E-state index is 12.2. The van der Waals surface area contributed by atoms with Crippen LogP contribution < -0.4 is 15.4 Å². The largest absolute Gasteiger partial charge is 0.457 e. The summed E-state index contributed by atoms with van der Waals surface area (Å²) in [5.74, 6) is 2.37. The van der Waals surface area contributed by atoms with Crippen LogP contribution in [0, 0.1) is 11.8 Å². The van der Waals surface area contributed by atoms with Gasteiger partial charge in [0, 0.05) is 24.6 Å². The van der Waals surface area contributed by atoms with Gasteiger partial charge in [-0.15, -0.1) is 0 Å². The van der Waals surface area contributed by atoms with E-state index in [2.05, 4.69) is 24.5 Å². The van der Waals surface area contributed by atoms with Crippen LogP contribution in [0.15, 0.2) is 54.6 Å². The molecule has 0 spiro atoms. The zero-order chi connectivity index (χ0) is 20.6. The highest BCUT2D eigenvalue weighted by Crippen LogP contribution is 2.29. The number of ether oxygens (including phenoxy) is 1. The molecule has 0 heterocycles. The Kier molecular flexibility index (Phi) is 7.28. The van der Waals surface area contributed by atoms with Crippen molar-refractivity contribution in [3.63, 3.8) is 0 Å². The zero-order valence-electron chi connectivity index (χ0n) is 17.2. The second-order valence-electron chi connectivity index (χ2n) is 7.93. The zero-order valence-corrected chi connectivity index (χ0v) is 17.2. The number of benzene rings is 2. The van der Waals surface area contributed by atoms with E-state index in [-0.39, 0.29) is 30.7 Å². The number of anilines is 1. The van der Waals surface area contributed by atoms with Gasteiger partial charge in [-0.2, -0.15) is 0 Å². The van der Waals surface area contributed by atoms with Crippen molar-refractivity contribution < 1.29 is 14.3 Å². The number of carbonyl (C=O) groups is 2. The Morgan fingerprint density at radius 2 is 1.55 bits per heavy atom. The average molecular weight is 395 g/mol. The lowest BCUT2D eigenvalue weighted by Gasteiger charge is -2.34. The Balaban J connectivity index is 1.41. The minimum atomic E-state index is -0.165. The van der Waals surface area contributed by atoms with Crippen LogP contribution in [0.25, 0.3) is 0 Å². The molecule has 2 amide bonds. The fraction of sp³-hybridized carbons (Fsp3) is 0.417. The van der Waals surface area contributed by atoms with E-state index >= 15 is 0 Å². The Labute approximate surface area is 172 Å². The number of amides is 2. The number of rotatable bonds is 7. The predicted octanol–water partition coefficient (Wildman–Crippen LogP) is 5.14. The van der Waals surface area contributed by atoms with Gasteiger partial charge < -0.3 is 15.4 Å². The lowest BCUT2D eigenvalue weighted by atomic mass is 9.78. The van der Waals surface area contributed by atoms with Crippen LogP contribution in [0.5, 0.6) is 11.5 Å². The molecule has 3 rings (SSSR count). The van der Waals surface area contributed by atoms with Gasteiger partial charge in [-0.25, -0.2) is 0 Å². The lowest BCUT2D eigenvalue weighted by Crippen LogP contribution is -2.43. The minimum absolute atomic E-state index is 0.0438. The van der Waals surface area contributed by atoms with Gasteiger partial charge in [0.1, 0.15) is 11.5 Å². The third-order valence-corrected chi connectivity index (χ3v) is 5.75. The summed E-state index contributed by atoms with van der Waals surface area (Å²) in [7, 11) is 0. The average Bonchev–Trinajstić information content (AvgIpc) is 2.72. The standard InChI is InChI=1S/C24H30N2O3/c1-17-7-6-10-22(18(17)2)26-24(28)16-15-23(27)25-19-11-13-21(14-12-19)29-20-8-4-3-5-9-20/h3-5,8-9,11-14,17-18,22H,6-7,10,15-16H2,1-2H3,(H,25,27)(H,26,28)/t17-,18+,22-/m0/s1. The molecule has 2 aromatic carbocycles. The van der Waals surface area contributed by atoms with Gasteiger partial charge in [-0.1, -0.05) is 44.9 Å². The van der Waals surface area contributed by atoms with E-state index < -0.39 is 0 Å². The van der Waals surface area contributed by atoms with Crippen molar-refractivity contribution in [3.05, 3.63) is 54.6 Å². The van der Waals surface area contributed by atoms with Crippen LogP contribution in [0.2, 0.25) is 0 Å². The first-order chi connectivity index (χ1) is 14.0. The highest BCUT2D eigenvalue weighted by molar-refractivity contribution is 5.93. The topological polar surface area (TPSA) is 67.4 Å². The third-order valence-electron chi connectivity index (χ3n) is 5.75. The molecule has 5 heteroatoms. The Morgan fingerprint density at radius 3 is 2.28 bits per heavy atom. The first-order valence-corrected chi connectivity index (χ1v) is 10.4. The van der Waals surface area contributed by atoms with Gasteiger partial charge >= 0.3 is 0 Å². The fourth-order valence-electron chi connectivity index (χ4n) is 3.75. The van der Waals surface area contributed by atoms with Crippen molar-refractivity contribution in [2.75, 3.05) is 5.32 Å². The smallest absolute Gasteiger partial charge is 0.224 e. The number of carbonyl (C=O) groups excluding carboxylic acids is 2. The molecule has 0 aromatic heterocycles. The molecule has 3 atom stereocenters. The molecule has 29 heavy (non-hydrogen) atoms. The summed E-state index contributed by atoms with van der Waals surface area (Å²) >= 11 is 0. The third kappa shape index (κ3) is 6.34. The maximum Gasteiger partial charge on any atom is 0.224 e. The Morgan fingerprint density at radius 1 is 0.897 bits per heavy atom. The molecule has 154 valence electrons. The van der Waals surface area contributed by atoms with Crippen LogP contribution >= 0.6 is 0 Å². The first kappa shape index (κ1) is 20.9. The SMILES string of the molecule is C[C@H]1[C@@H](NC(=O)CCC(=O)Nc2ccc(Oc3ccccc3)cc2)CCC[C@@H]1C.